The van der Waals surface area contributed by atoms with Crippen LogP contribution in [0.4, 0.5) is 0 Å². The van der Waals surface area contributed by atoms with Gasteiger partial charge in [-0.25, -0.2) is 9.59 Å². The SMILES string of the molecule is O=C(OC1CCOC1=O)c1cnn(Cc2ccccc2)c1. The topological polar surface area (TPSA) is 70.4 Å². The van der Waals surface area contributed by atoms with Crippen LogP contribution in [0.5, 0.6) is 0 Å². The summed E-state index contributed by atoms with van der Waals surface area (Å²) in [6.07, 6.45) is 2.65. The Morgan fingerprint density at radius 2 is 2.19 bits per heavy atom. The van der Waals surface area contributed by atoms with Crippen LogP contribution >= 0.6 is 0 Å². The van der Waals surface area contributed by atoms with E-state index in [-0.39, 0.29) is 0 Å². The van der Waals surface area contributed by atoms with Crippen molar-refractivity contribution >= 4 is 11.9 Å². The van der Waals surface area contributed by atoms with Gasteiger partial charge < -0.3 is 9.47 Å². The molecule has 6 heteroatoms. The molecular weight excluding hydrogens is 272 g/mol. The molecule has 1 unspecified atom stereocenters. The number of benzene rings is 1. The van der Waals surface area contributed by atoms with Gasteiger partial charge in [-0.2, -0.15) is 5.10 Å². The smallest absolute Gasteiger partial charge is 0.347 e. The maximum absolute atomic E-state index is 11.9. The highest BCUT2D eigenvalue weighted by atomic mass is 16.6. The van der Waals surface area contributed by atoms with Crippen molar-refractivity contribution in [2.75, 3.05) is 6.61 Å². The first kappa shape index (κ1) is 13.4. The fourth-order valence-corrected chi connectivity index (χ4v) is 2.11. The zero-order valence-corrected chi connectivity index (χ0v) is 11.3. The Labute approximate surface area is 121 Å². The second kappa shape index (κ2) is 5.78. The highest BCUT2D eigenvalue weighted by Crippen LogP contribution is 2.13. The Morgan fingerprint density at radius 3 is 2.90 bits per heavy atom. The highest BCUT2D eigenvalue weighted by molar-refractivity contribution is 5.91. The van der Waals surface area contributed by atoms with Gasteiger partial charge in [-0.1, -0.05) is 30.3 Å². The van der Waals surface area contributed by atoms with Gasteiger partial charge in [-0.05, 0) is 5.56 Å². The first-order valence-electron chi connectivity index (χ1n) is 6.66. The Kier molecular flexibility index (Phi) is 3.68. The standard InChI is InChI=1S/C15H14N2O4/c18-14(21-13-6-7-20-15(13)19)12-8-16-17(10-12)9-11-4-2-1-3-5-11/h1-5,8,10,13H,6-7,9H2. The molecule has 21 heavy (non-hydrogen) atoms. The Hall–Kier alpha value is -2.63. The van der Waals surface area contributed by atoms with Crippen LogP contribution in [-0.2, 0) is 20.8 Å². The fraction of sp³-hybridized carbons (Fsp3) is 0.267. The molecule has 1 fully saturated rings. The number of carbonyl (C=O) groups is 2. The molecule has 0 radical (unpaired) electrons. The van der Waals surface area contributed by atoms with Crippen LogP contribution < -0.4 is 0 Å². The minimum Gasteiger partial charge on any atom is -0.463 e. The van der Waals surface area contributed by atoms with Gasteiger partial charge in [0.1, 0.15) is 0 Å². The molecule has 108 valence electrons. The largest absolute Gasteiger partial charge is 0.463 e. The molecule has 2 aromatic rings. The Balaban J connectivity index is 1.64. The third-order valence-electron chi connectivity index (χ3n) is 3.19. The number of nitrogens with zero attached hydrogens (tertiary/aromatic N) is 2. The van der Waals surface area contributed by atoms with Gasteiger partial charge in [0, 0.05) is 12.6 Å². The molecule has 1 aromatic carbocycles. The molecule has 1 aliphatic rings. The summed E-state index contributed by atoms with van der Waals surface area (Å²) in [4.78, 5) is 23.2. The van der Waals surface area contributed by atoms with Crippen molar-refractivity contribution in [1.29, 1.82) is 0 Å². The van der Waals surface area contributed by atoms with Crippen LogP contribution in [0.2, 0.25) is 0 Å². The number of aromatic nitrogens is 2. The molecule has 0 saturated carbocycles. The van der Waals surface area contributed by atoms with Crippen LogP contribution in [0, 0.1) is 0 Å². The predicted octanol–water partition coefficient (Wildman–Crippen LogP) is 1.40. The lowest BCUT2D eigenvalue weighted by atomic mass is 10.2. The van der Waals surface area contributed by atoms with E-state index in [2.05, 4.69) is 5.10 Å². The summed E-state index contributed by atoms with van der Waals surface area (Å²) in [6, 6.07) is 9.79. The normalized spacial score (nSPS) is 17.5. The van der Waals surface area contributed by atoms with Crippen LogP contribution in [0.1, 0.15) is 22.3 Å². The van der Waals surface area contributed by atoms with Crippen LogP contribution in [0.25, 0.3) is 0 Å². The molecule has 0 aliphatic carbocycles. The van der Waals surface area contributed by atoms with Gasteiger partial charge in [0.25, 0.3) is 0 Å². The number of rotatable bonds is 4. The maximum atomic E-state index is 11.9. The van der Waals surface area contributed by atoms with Crippen molar-refractivity contribution in [2.24, 2.45) is 0 Å². The molecule has 3 rings (SSSR count). The van der Waals surface area contributed by atoms with Crippen LogP contribution in [0.3, 0.4) is 0 Å². The van der Waals surface area contributed by atoms with Gasteiger partial charge in [0.15, 0.2) is 0 Å². The zero-order valence-electron chi connectivity index (χ0n) is 11.3. The summed E-state index contributed by atoms with van der Waals surface area (Å²) in [5.41, 5.74) is 1.41. The predicted molar refractivity (Wildman–Crippen MR) is 72.6 cm³/mol. The van der Waals surface area contributed by atoms with Gasteiger partial charge in [-0.3, -0.25) is 4.68 Å². The van der Waals surface area contributed by atoms with E-state index < -0.39 is 18.0 Å². The molecule has 0 amide bonds. The number of cyclic esters (lactones) is 1. The number of hydrogen-bond acceptors (Lipinski definition) is 5. The summed E-state index contributed by atoms with van der Waals surface area (Å²) in [5.74, 6) is -1.04. The van der Waals surface area contributed by atoms with Crippen LogP contribution in [0.15, 0.2) is 42.7 Å². The summed E-state index contributed by atoms with van der Waals surface area (Å²) >= 11 is 0. The van der Waals surface area contributed by atoms with E-state index in [0.29, 0.717) is 25.1 Å². The van der Waals surface area contributed by atoms with E-state index in [1.54, 1.807) is 10.9 Å². The number of ether oxygens (including phenoxy) is 2. The summed E-state index contributed by atoms with van der Waals surface area (Å²) < 4.78 is 11.5. The monoisotopic (exact) mass is 286 g/mol. The van der Waals surface area contributed by atoms with Crippen molar-refractivity contribution in [1.82, 2.24) is 9.78 Å². The first-order valence-corrected chi connectivity index (χ1v) is 6.66. The summed E-state index contributed by atoms with van der Waals surface area (Å²) in [5, 5.41) is 4.13. The van der Waals surface area contributed by atoms with Gasteiger partial charge >= 0.3 is 11.9 Å². The summed E-state index contributed by atoms with van der Waals surface area (Å²) in [6.45, 7) is 0.865. The number of hydrogen-bond donors (Lipinski definition) is 0. The van der Waals surface area contributed by atoms with Crippen molar-refractivity contribution in [3.8, 4) is 0 Å². The highest BCUT2D eigenvalue weighted by Gasteiger charge is 2.30. The van der Waals surface area contributed by atoms with Crippen molar-refractivity contribution < 1.29 is 19.1 Å². The van der Waals surface area contributed by atoms with Crippen molar-refractivity contribution in [3.05, 3.63) is 53.9 Å². The average Bonchev–Trinajstić information content (AvgIpc) is 3.10. The molecule has 1 aromatic heterocycles. The maximum Gasteiger partial charge on any atom is 0.347 e. The molecule has 0 N–H and O–H groups in total. The van der Waals surface area contributed by atoms with Gasteiger partial charge in [-0.15, -0.1) is 0 Å². The van der Waals surface area contributed by atoms with Gasteiger partial charge in [0.2, 0.25) is 6.10 Å². The Bertz CT molecular complexity index is 651. The molecule has 2 heterocycles. The zero-order chi connectivity index (χ0) is 14.7. The van der Waals surface area contributed by atoms with Crippen LogP contribution in [-0.4, -0.2) is 34.4 Å². The molecule has 1 saturated heterocycles. The van der Waals surface area contributed by atoms with Gasteiger partial charge in [0.05, 0.1) is 24.9 Å². The van der Waals surface area contributed by atoms with E-state index >= 15 is 0 Å². The van der Waals surface area contributed by atoms with Crippen molar-refractivity contribution in [3.63, 3.8) is 0 Å². The second-order valence-electron chi connectivity index (χ2n) is 4.76. The third-order valence-corrected chi connectivity index (χ3v) is 3.19. The van der Waals surface area contributed by atoms with Crippen molar-refractivity contribution in [2.45, 2.75) is 19.1 Å². The number of esters is 2. The molecule has 0 spiro atoms. The second-order valence-corrected chi connectivity index (χ2v) is 4.76. The van der Waals surface area contributed by atoms with E-state index in [1.165, 1.54) is 6.20 Å². The molecule has 1 aliphatic heterocycles. The fourth-order valence-electron chi connectivity index (χ4n) is 2.11. The molecule has 6 nitrogen and oxygen atoms in total. The third kappa shape index (κ3) is 3.10. The quantitative estimate of drug-likeness (QED) is 0.795. The summed E-state index contributed by atoms with van der Waals surface area (Å²) in [7, 11) is 0. The lowest BCUT2D eigenvalue weighted by Crippen LogP contribution is -2.22. The lowest BCUT2D eigenvalue weighted by molar-refractivity contribution is -0.145. The van der Waals surface area contributed by atoms with E-state index in [9.17, 15) is 9.59 Å². The number of carbonyl (C=O) groups excluding carboxylic acids is 2. The first-order chi connectivity index (χ1) is 10.2. The molecule has 0 bridgehead atoms. The molecule has 1 atom stereocenters. The minimum atomic E-state index is -0.796. The lowest BCUT2D eigenvalue weighted by Gasteiger charge is -2.06. The van der Waals surface area contributed by atoms with E-state index in [4.69, 9.17) is 9.47 Å². The molecular formula is C15H14N2O4. The minimum absolute atomic E-state index is 0.296. The average molecular weight is 286 g/mol. The van der Waals surface area contributed by atoms with E-state index in [0.717, 1.165) is 5.56 Å². The Morgan fingerprint density at radius 1 is 1.38 bits per heavy atom. The van der Waals surface area contributed by atoms with E-state index in [1.807, 2.05) is 30.3 Å².